The molecule has 0 saturated carbocycles. The van der Waals surface area contributed by atoms with Gasteiger partial charge in [0.15, 0.2) is 0 Å². The van der Waals surface area contributed by atoms with Gasteiger partial charge in [0.05, 0.1) is 25.4 Å². The highest BCUT2D eigenvalue weighted by molar-refractivity contribution is 5.76. The monoisotopic (exact) mass is 1080 g/mol. The third-order valence-electron chi connectivity index (χ3n) is 16.5. The molecule has 0 aliphatic carbocycles. The second kappa shape index (κ2) is 66.8. The molecule has 0 aromatic heterocycles. The molecule has 1 amide bonds. The number of aliphatic hydroxyl groups is 2. The normalized spacial score (nSPS) is 12.6. The molecule has 0 aliphatic rings. The summed E-state index contributed by atoms with van der Waals surface area (Å²) in [6.07, 6.45) is 83.7. The molecule has 6 heteroatoms. The lowest BCUT2D eigenvalue weighted by atomic mass is 10.0. The van der Waals surface area contributed by atoms with E-state index in [1.807, 2.05) is 0 Å². The fourth-order valence-electron chi connectivity index (χ4n) is 11.1. The number of allylic oxidation sites excluding steroid dienone is 4. The van der Waals surface area contributed by atoms with Gasteiger partial charge in [-0.1, -0.05) is 346 Å². The minimum absolute atomic E-state index is 0.0162. The molecule has 2 atom stereocenters. The molecular weight excluding hydrogens is 947 g/mol. The lowest BCUT2D eigenvalue weighted by Crippen LogP contribution is -2.45. The van der Waals surface area contributed by atoms with E-state index in [1.165, 1.54) is 315 Å². The number of hydrogen-bond donors (Lipinski definition) is 3. The van der Waals surface area contributed by atoms with Gasteiger partial charge in [-0.05, 0) is 57.8 Å². The molecule has 0 radical (unpaired) electrons. The van der Waals surface area contributed by atoms with Gasteiger partial charge in [-0.25, -0.2) is 0 Å². The van der Waals surface area contributed by atoms with Crippen LogP contribution in [0.4, 0.5) is 0 Å². The van der Waals surface area contributed by atoms with Crippen molar-refractivity contribution in [2.75, 3.05) is 13.2 Å². The predicted octanol–water partition coefficient (Wildman–Crippen LogP) is 22.5. The Bertz CT molecular complexity index is 1200. The van der Waals surface area contributed by atoms with Crippen LogP contribution in [0.25, 0.3) is 0 Å². The Morgan fingerprint density at radius 2 is 0.649 bits per heavy atom. The Morgan fingerprint density at radius 1 is 0.364 bits per heavy atom. The minimum Gasteiger partial charge on any atom is -0.466 e. The van der Waals surface area contributed by atoms with Crippen LogP contribution >= 0.6 is 0 Å². The van der Waals surface area contributed by atoms with Gasteiger partial charge < -0.3 is 20.3 Å². The number of nitrogens with one attached hydrogen (secondary N) is 1. The summed E-state index contributed by atoms with van der Waals surface area (Å²) in [5.74, 6) is -0.0171. The summed E-state index contributed by atoms with van der Waals surface area (Å²) >= 11 is 0. The van der Waals surface area contributed by atoms with Crippen LogP contribution in [0.2, 0.25) is 0 Å². The third kappa shape index (κ3) is 63.4. The molecule has 0 aliphatic heterocycles. The molecule has 456 valence electrons. The molecule has 2 unspecified atom stereocenters. The van der Waals surface area contributed by atoms with E-state index in [4.69, 9.17) is 4.74 Å². The van der Waals surface area contributed by atoms with Gasteiger partial charge in [-0.3, -0.25) is 9.59 Å². The van der Waals surface area contributed by atoms with Crippen LogP contribution in [-0.2, 0) is 14.3 Å². The van der Waals surface area contributed by atoms with Gasteiger partial charge in [0.1, 0.15) is 0 Å². The van der Waals surface area contributed by atoms with Crippen LogP contribution in [0.5, 0.6) is 0 Å². The Morgan fingerprint density at radius 3 is 0.987 bits per heavy atom. The van der Waals surface area contributed by atoms with Crippen LogP contribution in [-0.4, -0.2) is 47.4 Å². The van der Waals surface area contributed by atoms with Crippen LogP contribution in [0.3, 0.4) is 0 Å². The quantitative estimate of drug-likeness (QED) is 0.0320. The van der Waals surface area contributed by atoms with Crippen molar-refractivity contribution in [1.29, 1.82) is 0 Å². The van der Waals surface area contributed by atoms with Crippen molar-refractivity contribution in [2.24, 2.45) is 0 Å². The van der Waals surface area contributed by atoms with Crippen LogP contribution in [0.1, 0.15) is 393 Å². The summed E-state index contributed by atoms with van der Waals surface area (Å²) in [5.41, 5.74) is 0. The Hall–Kier alpha value is -1.66. The number of esters is 1. The summed E-state index contributed by atoms with van der Waals surface area (Å²) < 4.78 is 5.50. The number of amides is 1. The molecule has 0 bridgehead atoms. The van der Waals surface area contributed by atoms with Gasteiger partial charge in [-0.15, -0.1) is 0 Å². The fourth-order valence-corrected chi connectivity index (χ4v) is 11.1. The van der Waals surface area contributed by atoms with E-state index in [0.29, 0.717) is 25.9 Å². The SMILES string of the molecule is CCCCCCCCCCCCCCCCCCC(=O)OCCCCCCCCCCC/C=C\C/C=C\CCCCCCCCCCCCCCCC(=O)NC(CO)C(O)CCCCCCCCCCCCCCCCC. The largest absolute Gasteiger partial charge is 0.466 e. The van der Waals surface area contributed by atoms with E-state index >= 15 is 0 Å². The van der Waals surface area contributed by atoms with E-state index in [1.54, 1.807) is 0 Å². The van der Waals surface area contributed by atoms with Crippen molar-refractivity contribution >= 4 is 11.9 Å². The zero-order valence-electron chi connectivity index (χ0n) is 52.2. The van der Waals surface area contributed by atoms with Gasteiger partial charge in [0, 0.05) is 12.8 Å². The predicted molar refractivity (Wildman–Crippen MR) is 338 cm³/mol. The second-order valence-electron chi connectivity index (χ2n) is 24.2. The molecule has 0 aromatic rings. The van der Waals surface area contributed by atoms with E-state index in [9.17, 15) is 19.8 Å². The lowest BCUT2D eigenvalue weighted by molar-refractivity contribution is -0.143. The average Bonchev–Trinajstić information content (AvgIpc) is 3.43. The molecule has 0 spiro atoms. The van der Waals surface area contributed by atoms with Crippen molar-refractivity contribution in [2.45, 2.75) is 405 Å². The van der Waals surface area contributed by atoms with E-state index < -0.39 is 12.1 Å². The molecule has 0 fully saturated rings. The van der Waals surface area contributed by atoms with E-state index in [0.717, 1.165) is 44.9 Å². The number of ether oxygens (including phenoxy) is 1. The molecule has 77 heavy (non-hydrogen) atoms. The highest BCUT2D eigenvalue weighted by atomic mass is 16.5. The molecule has 3 N–H and O–H groups in total. The molecule has 6 nitrogen and oxygen atoms in total. The maximum absolute atomic E-state index is 12.5. The number of carbonyl (C=O) groups is 2. The Labute approximate surface area is 481 Å². The zero-order chi connectivity index (χ0) is 55.7. The Kier molecular flexibility index (Phi) is 65.4. The number of unbranched alkanes of at least 4 members (excludes halogenated alkanes) is 51. The molecule has 0 heterocycles. The number of aliphatic hydroxyl groups excluding tert-OH is 2. The first-order chi connectivity index (χ1) is 38.0. The fraction of sp³-hybridized carbons (Fsp3) is 0.915. The molecular formula is C71H137NO5. The van der Waals surface area contributed by atoms with Crippen molar-refractivity contribution in [3.63, 3.8) is 0 Å². The third-order valence-corrected chi connectivity index (χ3v) is 16.5. The highest BCUT2D eigenvalue weighted by Crippen LogP contribution is 2.19. The van der Waals surface area contributed by atoms with Gasteiger partial charge in [0.2, 0.25) is 5.91 Å². The van der Waals surface area contributed by atoms with E-state index in [2.05, 4.69) is 43.5 Å². The lowest BCUT2D eigenvalue weighted by Gasteiger charge is -2.22. The standard InChI is InChI=1S/C71H137NO5/c1-3-5-7-9-11-13-15-17-19-37-41-45-49-53-57-61-65-71(76)77-66-62-58-54-50-46-42-38-34-32-30-28-26-24-22-20-21-23-25-27-29-31-33-36-40-44-48-52-56-60-64-70(75)72-68(67-73)69(74)63-59-55-51-47-43-39-35-18-16-14-12-10-8-6-4-2/h20,22,26,28,68-69,73-74H,3-19,21,23-25,27,29-67H2,1-2H3,(H,72,75)/b22-20-,28-26-. The number of hydrogen-bond acceptors (Lipinski definition) is 5. The van der Waals surface area contributed by atoms with Gasteiger partial charge in [0.25, 0.3) is 0 Å². The average molecular weight is 1080 g/mol. The first-order valence-electron chi connectivity index (χ1n) is 35.1. The number of carbonyl (C=O) groups excluding carboxylic acids is 2. The maximum atomic E-state index is 12.5. The van der Waals surface area contributed by atoms with Crippen molar-refractivity contribution in [1.82, 2.24) is 5.32 Å². The topological polar surface area (TPSA) is 95.9 Å². The van der Waals surface area contributed by atoms with E-state index in [-0.39, 0.29) is 18.5 Å². The minimum atomic E-state index is -0.665. The van der Waals surface area contributed by atoms with Crippen LogP contribution in [0.15, 0.2) is 24.3 Å². The zero-order valence-corrected chi connectivity index (χ0v) is 52.2. The molecule has 0 aromatic carbocycles. The Balaban J connectivity index is 3.38. The summed E-state index contributed by atoms with van der Waals surface area (Å²) in [5, 5.41) is 23.3. The summed E-state index contributed by atoms with van der Waals surface area (Å²) in [6, 6.07) is -0.542. The summed E-state index contributed by atoms with van der Waals surface area (Å²) in [7, 11) is 0. The first-order valence-corrected chi connectivity index (χ1v) is 35.1. The molecule has 0 rings (SSSR count). The summed E-state index contributed by atoms with van der Waals surface area (Å²) in [6.45, 7) is 4.99. The van der Waals surface area contributed by atoms with Crippen LogP contribution < -0.4 is 5.32 Å². The summed E-state index contributed by atoms with van der Waals surface area (Å²) in [4.78, 5) is 24.6. The smallest absolute Gasteiger partial charge is 0.305 e. The number of rotatable bonds is 66. The van der Waals surface area contributed by atoms with Crippen LogP contribution in [0, 0.1) is 0 Å². The van der Waals surface area contributed by atoms with Crippen molar-refractivity contribution in [3.05, 3.63) is 24.3 Å². The van der Waals surface area contributed by atoms with Gasteiger partial charge in [-0.2, -0.15) is 0 Å². The first kappa shape index (κ1) is 75.3. The highest BCUT2D eigenvalue weighted by Gasteiger charge is 2.20. The van der Waals surface area contributed by atoms with Crippen molar-refractivity contribution in [3.8, 4) is 0 Å². The molecule has 0 saturated heterocycles. The van der Waals surface area contributed by atoms with Gasteiger partial charge >= 0.3 is 5.97 Å². The van der Waals surface area contributed by atoms with Crippen molar-refractivity contribution < 1.29 is 24.5 Å². The maximum Gasteiger partial charge on any atom is 0.305 e. The second-order valence-corrected chi connectivity index (χ2v) is 24.2.